The third-order valence-corrected chi connectivity index (χ3v) is 3.85. The van der Waals surface area contributed by atoms with Crippen molar-refractivity contribution in [2.24, 2.45) is 0 Å². The van der Waals surface area contributed by atoms with E-state index in [2.05, 4.69) is 34.4 Å². The van der Waals surface area contributed by atoms with Crippen LogP contribution in [0.4, 0.5) is 11.6 Å². The zero-order valence-corrected chi connectivity index (χ0v) is 13.6. The van der Waals surface area contributed by atoms with E-state index in [9.17, 15) is 8.42 Å². The molecule has 0 aliphatic heterocycles. The maximum absolute atomic E-state index is 11.3. The minimum absolute atomic E-state index is 0.0745. The molecular formula is C13H24N4O2S. The molecule has 0 saturated heterocycles. The number of rotatable bonds is 7. The average Bonchev–Trinajstić information content (AvgIpc) is 2.26. The van der Waals surface area contributed by atoms with Gasteiger partial charge in [-0.05, 0) is 19.8 Å². The minimum atomic E-state index is -3.02. The molecule has 0 fully saturated rings. The van der Waals surface area contributed by atoms with Gasteiger partial charge < -0.3 is 10.6 Å². The van der Waals surface area contributed by atoms with Crippen LogP contribution in [0.1, 0.15) is 39.2 Å². The van der Waals surface area contributed by atoms with Crippen LogP contribution in [0.5, 0.6) is 0 Å². The molecule has 0 amide bonds. The Morgan fingerprint density at radius 1 is 1.20 bits per heavy atom. The molecule has 0 aromatic carbocycles. The molecule has 6 nitrogen and oxygen atoms in total. The Morgan fingerprint density at radius 2 is 1.80 bits per heavy atom. The van der Waals surface area contributed by atoms with Gasteiger partial charge in [0.2, 0.25) is 0 Å². The Morgan fingerprint density at radius 3 is 2.30 bits per heavy atom. The van der Waals surface area contributed by atoms with Crippen molar-refractivity contribution < 1.29 is 8.42 Å². The second-order valence-electron chi connectivity index (χ2n) is 5.31. The number of anilines is 2. The lowest BCUT2D eigenvalue weighted by molar-refractivity contribution is 0.598. The first-order chi connectivity index (χ1) is 9.24. The normalized spacial score (nSPS) is 13.3. The second kappa shape index (κ2) is 6.88. The van der Waals surface area contributed by atoms with E-state index in [1.807, 2.05) is 13.8 Å². The van der Waals surface area contributed by atoms with E-state index in [-0.39, 0.29) is 17.7 Å². The highest BCUT2D eigenvalue weighted by Crippen LogP contribution is 2.28. The van der Waals surface area contributed by atoms with Gasteiger partial charge in [-0.15, -0.1) is 0 Å². The Balaban J connectivity index is 3.02. The molecule has 0 aliphatic rings. The van der Waals surface area contributed by atoms with Crippen molar-refractivity contribution in [3.8, 4) is 0 Å². The number of hydrogen-bond donors (Lipinski definition) is 2. The fraction of sp³-hybridized carbons (Fsp3) is 0.692. The van der Waals surface area contributed by atoms with E-state index in [1.165, 1.54) is 12.6 Å². The highest BCUT2D eigenvalue weighted by molar-refractivity contribution is 7.90. The summed E-state index contributed by atoms with van der Waals surface area (Å²) < 4.78 is 22.7. The molecule has 1 aromatic rings. The highest BCUT2D eigenvalue weighted by Gasteiger charge is 2.17. The van der Waals surface area contributed by atoms with Gasteiger partial charge in [0.1, 0.15) is 27.8 Å². The van der Waals surface area contributed by atoms with E-state index in [0.29, 0.717) is 5.82 Å². The molecule has 1 aromatic heterocycles. The largest absolute Gasteiger partial charge is 0.370 e. The molecule has 0 aliphatic carbocycles. The molecule has 0 radical (unpaired) electrons. The van der Waals surface area contributed by atoms with Gasteiger partial charge >= 0.3 is 0 Å². The standard InChI is InChI=1S/C13H24N4O2S/c1-6-14-12-11(9(2)3)13(16-8-15-12)17-10(4)7-20(5,18)19/h8-10H,6-7H2,1-5H3,(H2,14,15,16,17). The van der Waals surface area contributed by atoms with Crippen molar-refractivity contribution in [3.05, 3.63) is 11.9 Å². The van der Waals surface area contributed by atoms with Crippen LogP contribution in [0.2, 0.25) is 0 Å². The fourth-order valence-corrected chi connectivity index (χ4v) is 3.09. The van der Waals surface area contributed by atoms with Gasteiger partial charge in [0.15, 0.2) is 0 Å². The molecule has 20 heavy (non-hydrogen) atoms. The van der Waals surface area contributed by atoms with Gasteiger partial charge in [-0.3, -0.25) is 0 Å². The fourth-order valence-electron chi connectivity index (χ4n) is 2.09. The summed E-state index contributed by atoms with van der Waals surface area (Å²) in [5.74, 6) is 1.80. The first-order valence-electron chi connectivity index (χ1n) is 6.77. The first-order valence-corrected chi connectivity index (χ1v) is 8.83. The molecule has 7 heteroatoms. The Labute approximate surface area is 121 Å². The van der Waals surface area contributed by atoms with E-state index >= 15 is 0 Å². The predicted octanol–water partition coefficient (Wildman–Crippen LogP) is 1.88. The van der Waals surface area contributed by atoms with Gasteiger partial charge in [-0.1, -0.05) is 13.8 Å². The van der Waals surface area contributed by atoms with Crippen LogP contribution in [0.25, 0.3) is 0 Å². The Kier molecular flexibility index (Phi) is 5.74. The number of nitrogens with one attached hydrogen (secondary N) is 2. The molecule has 1 rings (SSSR count). The predicted molar refractivity (Wildman–Crippen MR) is 83.1 cm³/mol. The summed E-state index contributed by atoms with van der Waals surface area (Å²) in [6, 6.07) is -0.202. The SMILES string of the molecule is CCNc1ncnc(NC(C)CS(C)(=O)=O)c1C(C)C. The summed E-state index contributed by atoms with van der Waals surface area (Å²) in [5, 5.41) is 6.39. The quantitative estimate of drug-likeness (QED) is 0.800. The lowest BCUT2D eigenvalue weighted by Crippen LogP contribution is -2.26. The van der Waals surface area contributed by atoms with Crippen LogP contribution in [0, 0.1) is 0 Å². The van der Waals surface area contributed by atoms with E-state index in [0.717, 1.165) is 17.9 Å². The lowest BCUT2D eigenvalue weighted by Gasteiger charge is -2.20. The van der Waals surface area contributed by atoms with Crippen molar-refractivity contribution in [1.82, 2.24) is 9.97 Å². The number of nitrogens with zero attached hydrogens (tertiary/aromatic N) is 2. The van der Waals surface area contributed by atoms with Crippen molar-refractivity contribution in [1.29, 1.82) is 0 Å². The minimum Gasteiger partial charge on any atom is -0.370 e. The first kappa shape index (κ1) is 16.7. The van der Waals surface area contributed by atoms with Crippen LogP contribution in [0.3, 0.4) is 0 Å². The van der Waals surface area contributed by atoms with Crippen molar-refractivity contribution in [2.75, 3.05) is 29.2 Å². The van der Waals surface area contributed by atoms with Crippen LogP contribution in [-0.2, 0) is 9.84 Å². The maximum Gasteiger partial charge on any atom is 0.149 e. The zero-order valence-electron chi connectivity index (χ0n) is 12.8. The molecule has 0 spiro atoms. The smallest absolute Gasteiger partial charge is 0.149 e. The molecule has 114 valence electrons. The molecule has 1 unspecified atom stereocenters. The summed E-state index contributed by atoms with van der Waals surface area (Å²) >= 11 is 0. The van der Waals surface area contributed by atoms with Crippen LogP contribution < -0.4 is 10.6 Å². The van der Waals surface area contributed by atoms with E-state index < -0.39 is 9.84 Å². The zero-order chi connectivity index (χ0) is 15.3. The molecule has 1 heterocycles. The van der Waals surface area contributed by atoms with Crippen molar-refractivity contribution in [2.45, 2.75) is 39.7 Å². The Hall–Kier alpha value is -1.37. The summed E-state index contributed by atoms with van der Waals surface area (Å²) in [5.41, 5.74) is 0.981. The third kappa shape index (κ3) is 4.96. The number of hydrogen-bond acceptors (Lipinski definition) is 6. The number of aromatic nitrogens is 2. The highest BCUT2D eigenvalue weighted by atomic mass is 32.2. The van der Waals surface area contributed by atoms with Gasteiger partial charge in [0.05, 0.1) is 5.75 Å². The molecular weight excluding hydrogens is 276 g/mol. The van der Waals surface area contributed by atoms with Gasteiger partial charge in [-0.2, -0.15) is 0 Å². The van der Waals surface area contributed by atoms with E-state index in [4.69, 9.17) is 0 Å². The van der Waals surface area contributed by atoms with Gasteiger partial charge in [-0.25, -0.2) is 18.4 Å². The average molecular weight is 300 g/mol. The summed E-state index contributed by atoms with van der Waals surface area (Å²) in [6.07, 6.45) is 2.72. The second-order valence-corrected chi connectivity index (χ2v) is 7.49. The van der Waals surface area contributed by atoms with Crippen LogP contribution >= 0.6 is 0 Å². The monoisotopic (exact) mass is 300 g/mol. The Bertz CT molecular complexity index is 543. The van der Waals surface area contributed by atoms with E-state index in [1.54, 1.807) is 0 Å². The molecule has 2 N–H and O–H groups in total. The van der Waals surface area contributed by atoms with Crippen molar-refractivity contribution >= 4 is 21.5 Å². The molecule has 1 atom stereocenters. The van der Waals surface area contributed by atoms with Gasteiger partial charge in [0.25, 0.3) is 0 Å². The van der Waals surface area contributed by atoms with Crippen molar-refractivity contribution in [3.63, 3.8) is 0 Å². The van der Waals surface area contributed by atoms with Crippen LogP contribution in [-0.4, -0.2) is 43.0 Å². The van der Waals surface area contributed by atoms with Crippen LogP contribution in [0.15, 0.2) is 6.33 Å². The molecule has 0 saturated carbocycles. The topological polar surface area (TPSA) is 84.0 Å². The maximum atomic E-state index is 11.3. The third-order valence-electron chi connectivity index (χ3n) is 2.74. The summed E-state index contributed by atoms with van der Waals surface area (Å²) in [6.45, 7) is 8.73. The number of sulfone groups is 1. The summed E-state index contributed by atoms with van der Waals surface area (Å²) in [4.78, 5) is 8.51. The van der Waals surface area contributed by atoms with Gasteiger partial charge in [0, 0.05) is 24.4 Å². The molecule has 0 bridgehead atoms. The summed E-state index contributed by atoms with van der Waals surface area (Å²) in [7, 11) is -3.02. The lowest BCUT2D eigenvalue weighted by atomic mass is 10.0.